The summed E-state index contributed by atoms with van der Waals surface area (Å²) in [5.41, 5.74) is 0. The number of rotatable bonds is 1. The highest BCUT2D eigenvalue weighted by atomic mass is 16.5. The van der Waals surface area contributed by atoms with E-state index in [0.29, 0.717) is 24.3 Å². The highest BCUT2D eigenvalue weighted by Crippen LogP contribution is 2.39. The largest absolute Gasteiger partial charge is 0.370 e. The quantitative estimate of drug-likeness (QED) is 0.547. The Labute approximate surface area is 66.7 Å². The van der Waals surface area contributed by atoms with E-state index in [1.165, 1.54) is 13.0 Å². The molecule has 0 aromatic carbocycles. The van der Waals surface area contributed by atoms with Crippen LogP contribution >= 0.6 is 0 Å². The smallest absolute Gasteiger partial charge is 0.0875 e. The molecule has 0 spiro atoms. The minimum Gasteiger partial charge on any atom is -0.370 e. The van der Waals surface area contributed by atoms with Gasteiger partial charge in [-0.25, -0.2) is 0 Å². The van der Waals surface area contributed by atoms with Crippen LogP contribution in [0.25, 0.3) is 0 Å². The standard InChI is InChI=1S/C8H14N2O/c1-9-7-6-4-10-3-2-5(11-6)8(7)10/h5-9H,2-4H2,1H3. The van der Waals surface area contributed by atoms with Gasteiger partial charge >= 0.3 is 0 Å². The maximum absolute atomic E-state index is 5.85. The van der Waals surface area contributed by atoms with E-state index in [4.69, 9.17) is 4.74 Å². The van der Waals surface area contributed by atoms with Crippen LogP contribution in [0.5, 0.6) is 0 Å². The molecule has 3 fully saturated rings. The zero-order chi connectivity index (χ0) is 7.42. The van der Waals surface area contributed by atoms with Crippen LogP contribution in [0, 0.1) is 0 Å². The molecule has 0 aromatic heterocycles. The fourth-order valence-electron chi connectivity index (χ4n) is 2.94. The average Bonchev–Trinajstić information content (AvgIpc) is 2.55. The van der Waals surface area contributed by atoms with Gasteiger partial charge in [0.05, 0.1) is 24.3 Å². The van der Waals surface area contributed by atoms with Crippen molar-refractivity contribution >= 4 is 0 Å². The molecule has 3 saturated heterocycles. The van der Waals surface area contributed by atoms with Gasteiger partial charge in [0.1, 0.15) is 0 Å². The molecule has 3 aliphatic heterocycles. The van der Waals surface area contributed by atoms with Crippen LogP contribution in [0.15, 0.2) is 0 Å². The van der Waals surface area contributed by atoms with Gasteiger partial charge in [0.2, 0.25) is 0 Å². The molecule has 3 nitrogen and oxygen atoms in total. The predicted octanol–water partition coefficient (Wildman–Crippen LogP) is -0.570. The molecule has 3 aliphatic rings. The second kappa shape index (κ2) is 1.97. The molecule has 0 saturated carbocycles. The van der Waals surface area contributed by atoms with Crippen molar-refractivity contribution in [2.75, 3.05) is 20.1 Å². The van der Waals surface area contributed by atoms with E-state index in [0.717, 1.165) is 6.54 Å². The Kier molecular flexibility index (Phi) is 1.15. The Balaban J connectivity index is 1.93. The van der Waals surface area contributed by atoms with Crippen LogP contribution in [0.4, 0.5) is 0 Å². The van der Waals surface area contributed by atoms with Gasteiger partial charge in [-0.05, 0) is 13.5 Å². The summed E-state index contributed by atoms with van der Waals surface area (Å²) in [6.07, 6.45) is 2.28. The highest BCUT2D eigenvalue weighted by Gasteiger charge is 2.56. The molecule has 1 N–H and O–H groups in total. The van der Waals surface area contributed by atoms with Gasteiger partial charge in [0.15, 0.2) is 0 Å². The van der Waals surface area contributed by atoms with Gasteiger partial charge in [-0.3, -0.25) is 4.90 Å². The molecule has 2 bridgehead atoms. The number of hydrogen-bond acceptors (Lipinski definition) is 3. The van der Waals surface area contributed by atoms with Crippen molar-refractivity contribution < 1.29 is 4.74 Å². The van der Waals surface area contributed by atoms with Crippen molar-refractivity contribution in [1.29, 1.82) is 0 Å². The zero-order valence-electron chi connectivity index (χ0n) is 6.79. The Bertz CT molecular complexity index is 171. The second-order valence-electron chi connectivity index (χ2n) is 3.80. The fourth-order valence-corrected chi connectivity index (χ4v) is 2.94. The summed E-state index contributed by atoms with van der Waals surface area (Å²) in [6, 6.07) is 1.31. The van der Waals surface area contributed by atoms with Crippen LogP contribution < -0.4 is 5.32 Å². The van der Waals surface area contributed by atoms with Crippen LogP contribution in [-0.2, 0) is 4.74 Å². The Morgan fingerprint density at radius 3 is 3.00 bits per heavy atom. The second-order valence-corrected chi connectivity index (χ2v) is 3.80. The minimum absolute atomic E-state index is 0.484. The first kappa shape index (κ1) is 6.40. The van der Waals surface area contributed by atoms with Crippen molar-refractivity contribution in [2.45, 2.75) is 30.7 Å². The fraction of sp³-hybridized carbons (Fsp3) is 1.00. The first-order chi connectivity index (χ1) is 5.40. The number of hydrogen-bond donors (Lipinski definition) is 1. The zero-order valence-corrected chi connectivity index (χ0v) is 6.79. The molecule has 3 heterocycles. The molecule has 11 heavy (non-hydrogen) atoms. The van der Waals surface area contributed by atoms with E-state index in [2.05, 4.69) is 10.2 Å². The van der Waals surface area contributed by atoms with Crippen molar-refractivity contribution in [3.05, 3.63) is 0 Å². The average molecular weight is 154 g/mol. The monoisotopic (exact) mass is 154 g/mol. The Morgan fingerprint density at radius 1 is 1.45 bits per heavy atom. The van der Waals surface area contributed by atoms with E-state index in [1.807, 2.05) is 7.05 Å². The van der Waals surface area contributed by atoms with E-state index in [-0.39, 0.29) is 0 Å². The molecule has 0 radical (unpaired) electrons. The summed E-state index contributed by atoms with van der Waals surface area (Å²) >= 11 is 0. The minimum atomic E-state index is 0.484. The summed E-state index contributed by atoms with van der Waals surface area (Å²) < 4.78 is 5.85. The molecule has 4 atom stereocenters. The van der Waals surface area contributed by atoms with E-state index in [1.54, 1.807) is 0 Å². The molecule has 0 amide bonds. The van der Waals surface area contributed by atoms with Crippen molar-refractivity contribution in [3.8, 4) is 0 Å². The molecule has 4 unspecified atom stereocenters. The Morgan fingerprint density at radius 2 is 2.36 bits per heavy atom. The predicted molar refractivity (Wildman–Crippen MR) is 41.5 cm³/mol. The summed E-state index contributed by atoms with van der Waals surface area (Å²) in [5, 5.41) is 3.36. The molecular weight excluding hydrogens is 140 g/mol. The molecule has 3 heteroatoms. The van der Waals surface area contributed by atoms with Crippen LogP contribution in [-0.4, -0.2) is 49.3 Å². The number of morpholine rings is 1. The van der Waals surface area contributed by atoms with Crippen molar-refractivity contribution in [1.82, 2.24) is 10.2 Å². The SMILES string of the molecule is CNC1C2CN3CCC(O2)C13. The third-order valence-corrected chi connectivity index (χ3v) is 3.37. The summed E-state index contributed by atoms with van der Waals surface area (Å²) in [7, 11) is 2.05. The van der Waals surface area contributed by atoms with Crippen molar-refractivity contribution in [2.24, 2.45) is 0 Å². The number of nitrogens with zero attached hydrogens (tertiary/aromatic N) is 1. The van der Waals surface area contributed by atoms with Crippen LogP contribution in [0.3, 0.4) is 0 Å². The van der Waals surface area contributed by atoms with Crippen molar-refractivity contribution in [3.63, 3.8) is 0 Å². The molecule has 62 valence electrons. The molecule has 0 aromatic rings. The van der Waals surface area contributed by atoms with Gasteiger partial charge in [0.25, 0.3) is 0 Å². The number of ether oxygens (including phenoxy) is 1. The summed E-state index contributed by atoms with van der Waals surface area (Å²) in [6.45, 7) is 2.41. The van der Waals surface area contributed by atoms with E-state index in [9.17, 15) is 0 Å². The number of likely N-dealkylation sites (N-methyl/N-ethyl adjacent to an activating group) is 1. The first-order valence-corrected chi connectivity index (χ1v) is 4.47. The highest BCUT2D eigenvalue weighted by molar-refractivity contribution is 5.11. The lowest BCUT2D eigenvalue weighted by atomic mass is 10.1. The topological polar surface area (TPSA) is 24.5 Å². The molecule has 3 rings (SSSR count). The normalized spacial score (nSPS) is 54.3. The van der Waals surface area contributed by atoms with Gasteiger partial charge in [-0.1, -0.05) is 0 Å². The maximum Gasteiger partial charge on any atom is 0.0875 e. The Hall–Kier alpha value is -0.120. The maximum atomic E-state index is 5.85. The van der Waals surface area contributed by atoms with Crippen LogP contribution in [0.1, 0.15) is 6.42 Å². The summed E-state index contributed by atoms with van der Waals surface area (Å²) in [4.78, 5) is 2.57. The number of fused-ring (bicyclic) bond motifs is 1. The lowest BCUT2D eigenvalue weighted by Crippen LogP contribution is -2.40. The first-order valence-electron chi connectivity index (χ1n) is 4.47. The summed E-state index contributed by atoms with van der Waals surface area (Å²) in [5.74, 6) is 0. The third-order valence-electron chi connectivity index (χ3n) is 3.37. The van der Waals surface area contributed by atoms with Gasteiger partial charge in [-0.15, -0.1) is 0 Å². The van der Waals surface area contributed by atoms with E-state index < -0.39 is 0 Å². The molecule has 0 aliphatic carbocycles. The third kappa shape index (κ3) is 0.643. The van der Waals surface area contributed by atoms with Crippen LogP contribution in [0.2, 0.25) is 0 Å². The van der Waals surface area contributed by atoms with Gasteiger partial charge < -0.3 is 10.1 Å². The van der Waals surface area contributed by atoms with Gasteiger partial charge in [0, 0.05) is 13.1 Å². The lowest BCUT2D eigenvalue weighted by Gasteiger charge is -2.21. The number of nitrogens with one attached hydrogen (secondary N) is 1. The lowest BCUT2D eigenvalue weighted by molar-refractivity contribution is 0.00833. The van der Waals surface area contributed by atoms with E-state index >= 15 is 0 Å². The molecular formula is C8H14N2O. The van der Waals surface area contributed by atoms with Gasteiger partial charge in [-0.2, -0.15) is 0 Å².